The Hall–Kier alpha value is -1.33. The minimum absolute atomic E-state index is 0.108. The van der Waals surface area contributed by atoms with Crippen LogP contribution in [0.5, 0.6) is 0 Å². The van der Waals surface area contributed by atoms with E-state index < -0.39 is 11.8 Å². The lowest BCUT2D eigenvalue weighted by molar-refractivity contribution is -0.169. The highest BCUT2D eigenvalue weighted by atomic mass is 16.7. The van der Waals surface area contributed by atoms with Gasteiger partial charge in [-0.1, -0.05) is 6.08 Å². The van der Waals surface area contributed by atoms with Crippen molar-refractivity contribution >= 4 is 5.97 Å². The number of carboxylic acids is 1. The first kappa shape index (κ1) is 13.7. The van der Waals surface area contributed by atoms with E-state index in [1.54, 1.807) is 20.3 Å². The monoisotopic (exact) mass is 242 g/mol. The van der Waals surface area contributed by atoms with Gasteiger partial charge in [-0.15, -0.1) is 0 Å². The predicted octanol–water partition coefficient (Wildman–Crippen LogP) is 1.70. The van der Waals surface area contributed by atoms with Gasteiger partial charge in [0.2, 0.25) is 0 Å². The number of methoxy groups -OCH3 is 2. The molecule has 5 heteroatoms. The normalized spacial score (nSPS) is 17.6. The second-order valence-corrected chi connectivity index (χ2v) is 3.72. The van der Waals surface area contributed by atoms with E-state index in [0.717, 1.165) is 0 Å². The summed E-state index contributed by atoms with van der Waals surface area (Å²) in [5.74, 6) is -0.938. The molecule has 0 saturated carbocycles. The minimum atomic E-state index is -0.815. The van der Waals surface area contributed by atoms with Crippen molar-refractivity contribution in [2.24, 2.45) is 0 Å². The first-order chi connectivity index (χ1) is 8.12. The van der Waals surface area contributed by atoms with Crippen molar-refractivity contribution in [3.05, 3.63) is 24.0 Å². The van der Waals surface area contributed by atoms with Gasteiger partial charge < -0.3 is 19.3 Å². The summed E-state index contributed by atoms with van der Waals surface area (Å²) in [7, 11) is 3.14. The molecular weight excluding hydrogens is 224 g/mol. The van der Waals surface area contributed by atoms with E-state index >= 15 is 0 Å². The van der Waals surface area contributed by atoms with Crippen LogP contribution in [-0.4, -0.2) is 37.7 Å². The minimum Gasteiger partial charge on any atom is -0.494 e. The van der Waals surface area contributed by atoms with Crippen LogP contribution in [0, 0.1) is 0 Å². The summed E-state index contributed by atoms with van der Waals surface area (Å²) in [5, 5.41) is 8.49. The van der Waals surface area contributed by atoms with Gasteiger partial charge in [0.15, 0.2) is 5.79 Å². The maximum absolute atomic E-state index is 10.3. The second-order valence-electron chi connectivity index (χ2n) is 3.72. The molecule has 0 radical (unpaired) electrons. The van der Waals surface area contributed by atoms with Crippen molar-refractivity contribution in [2.75, 3.05) is 20.8 Å². The highest BCUT2D eigenvalue weighted by molar-refractivity contribution is 5.66. The van der Waals surface area contributed by atoms with Crippen LogP contribution in [0.2, 0.25) is 0 Å². The van der Waals surface area contributed by atoms with E-state index in [1.165, 1.54) is 0 Å². The molecule has 1 N–H and O–H groups in total. The lowest BCUT2D eigenvalue weighted by Crippen LogP contribution is -2.32. The van der Waals surface area contributed by atoms with Gasteiger partial charge in [-0.25, -0.2) is 0 Å². The number of aliphatic carboxylic acids is 1. The molecule has 0 unspecified atom stereocenters. The largest absolute Gasteiger partial charge is 0.494 e. The van der Waals surface area contributed by atoms with Crippen LogP contribution in [0.3, 0.4) is 0 Å². The average molecular weight is 242 g/mol. The summed E-state index contributed by atoms with van der Waals surface area (Å²) < 4.78 is 16.0. The molecule has 0 amide bonds. The molecule has 5 nitrogen and oxygen atoms in total. The fourth-order valence-corrected chi connectivity index (χ4v) is 1.53. The summed E-state index contributed by atoms with van der Waals surface area (Å²) in [6.45, 7) is 0.367. The molecule has 0 fully saturated rings. The highest BCUT2D eigenvalue weighted by Crippen LogP contribution is 2.25. The molecule has 1 aliphatic rings. The lowest BCUT2D eigenvalue weighted by Gasteiger charge is -2.29. The molecule has 0 atom stereocenters. The van der Waals surface area contributed by atoms with E-state index in [2.05, 4.69) is 0 Å². The number of rotatable bonds is 7. The molecule has 0 bridgehead atoms. The Morgan fingerprint density at radius 2 is 2.18 bits per heavy atom. The Morgan fingerprint density at radius 3 is 2.76 bits per heavy atom. The van der Waals surface area contributed by atoms with Gasteiger partial charge in [-0.2, -0.15) is 0 Å². The quantitative estimate of drug-likeness (QED) is 0.543. The maximum Gasteiger partial charge on any atom is 0.303 e. The number of hydrogen-bond acceptors (Lipinski definition) is 4. The first-order valence-electron chi connectivity index (χ1n) is 5.46. The summed E-state index contributed by atoms with van der Waals surface area (Å²) in [6, 6.07) is 0. The third-order valence-electron chi connectivity index (χ3n) is 2.54. The molecular formula is C12H18O5. The summed E-state index contributed by atoms with van der Waals surface area (Å²) in [6.07, 6.45) is 6.70. The molecule has 0 aromatic heterocycles. The average Bonchev–Trinajstić information content (AvgIpc) is 2.34. The van der Waals surface area contributed by atoms with Crippen molar-refractivity contribution in [1.82, 2.24) is 0 Å². The lowest BCUT2D eigenvalue weighted by atomic mass is 10.1. The molecule has 1 rings (SSSR count). The Labute approximate surface area is 101 Å². The van der Waals surface area contributed by atoms with Gasteiger partial charge >= 0.3 is 5.97 Å². The van der Waals surface area contributed by atoms with Crippen LogP contribution >= 0.6 is 0 Å². The van der Waals surface area contributed by atoms with Crippen molar-refractivity contribution in [1.29, 1.82) is 0 Å². The Balaban J connectivity index is 2.44. The van der Waals surface area contributed by atoms with E-state index in [-0.39, 0.29) is 6.42 Å². The van der Waals surface area contributed by atoms with Crippen LogP contribution in [-0.2, 0) is 19.0 Å². The van der Waals surface area contributed by atoms with Crippen molar-refractivity contribution in [3.63, 3.8) is 0 Å². The van der Waals surface area contributed by atoms with Gasteiger partial charge in [0.1, 0.15) is 5.76 Å². The van der Waals surface area contributed by atoms with Gasteiger partial charge in [-0.3, -0.25) is 4.79 Å². The van der Waals surface area contributed by atoms with E-state index in [0.29, 0.717) is 25.2 Å². The fourth-order valence-electron chi connectivity index (χ4n) is 1.53. The predicted molar refractivity (Wildman–Crippen MR) is 61.4 cm³/mol. The smallest absolute Gasteiger partial charge is 0.303 e. The standard InChI is InChI=1S/C12H18O5/c1-15-12(16-2)7-3-5-10(9-12)17-8-4-6-11(13)14/h3,5,9H,4,6-8H2,1-2H3,(H,13,14). The van der Waals surface area contributed by atoms with Crippen molar-refractivity contribution < 1.29 is 24.1 Å². The van der Waals surface area contributed by atoms with E-state index in [9.17, 15) is 4.79 Å². The molecule has 96 valence electrons. The van der Waals surface area contributed by atoms with E-state index in [1.807, 2.05) is 12.2 Å². The van der Waals surface area contributed by atoms with Crippen LogP contribution in [0.1, 0.15) is 19.3 Å². The van der Waals surface area contributed by atoms with Gasteiger partial charge in [-0.05, 0) is 12.5 Å². The molecule has 0 aliphatic heterocycles. The zero-order chi connectivity index (χ0) is 12.7. The van der Waals surface area contributed by atoms with Gasteiger partial charge in [0.05, 0.1) is 6.61 Å². The summed E-state index contributed by atoms with van der Waals surface area (Å²) >= 11 is 0. The Kier molecular flexibility index (Phi) is 5.18. The topological polar surface area (TPSA) is 65.0 Å². The summed E-state index contributed by atoms with van der Waals surface area (Å²) in [4.78, 5) is 10.3. The van der Waals surface area contributed by atoms with Crippen molar-refractivity contribution in [3.8, 4) is 0 Å². The zero-order valence-corrected chi connectivity index (χ0v) is 10.1. The third-order valence-corrected chi connectivity index (χ3v) is 2.54. The molecule has 0 aromatic carbocycles. The number of ether oxygens (including phenoxy) is 3. The van der Waals surface area contributed by atoms with Gasteiger partial charge in [0, 0.05) is 33.1 Å². The van der Waals surface area contributed by atoms with Crippen LogP contribution in [0.4, 0.5) is 0 Å². The Bertz CT molecular complexity index is 315. The summed E-state index contributed by atoms with van der Waals surface area (Å²) in [5.41, 5.74) is 0. The molecule has 0 saturated heterocycles. The molecule has 1 aliphatic carbocycles. The molecule has 0 spiro atoms. The first-order valence-corrected chi connectivity index (χ1v) is 5.46. The van der Waals surface area contributed by atoms with E-state index in [4.69, 9.17) is 19.3 Å². The number of carboxylic acid groups (broad SMARTS) is 1. The van der Waals surface area contributed by atoms with Crippen molar-refractivity contribution in [2.45, 2.75) is 25.0 Å². The fraction of sp³-hybridized carbons (Fsp3) is 0.583. The molecule has 0 aromatic rings. The van der Waals surface area contributed by atoms with Gasteiger partial charge in [0.25, 0.3) is 0 Å². The van der Waals surface area contributed by atoms with Crippen LogP contribution in [0.15, 0.2) is 24.0 Å². The third kappa shape index (κ3) is 4.20. The SMILES string of the molecule is COC1(OC)C=C(OCCCC(=O)O)C=CC1. The second kappa shape index (κ2) is 6.42. The maximum atomic E-state index is 10.3. The van der Waals surface area contributed by atoms with Crippen LogP contribution < -0.4 is 0 Å². The highest BCUT2D eigenvalue weighted by Gasteiger charge is 2.28. The molecule has 17 heavy (non-hydrogen) atoms. The van der Waals surface area contributed by atoms with Crippen LogP contribution in [0.25, 0.3) is 0 Å². The zero-order valence-electron chi connectivity index (χ0n) is 10.1. The molecule has 0 heterocycles. The number of hydrogen-bond donors (Lipinski definition) is 1. The number of allylic oxidation sites excluding steroid dienone is 1. The number of carbonyl (C=O) groups is 1. The Morgan fingerprint density at radius 1 is 1.47 bits per heavy atom.